The van der Waals surface area contributed by atoms with Gasteiger partial charge >= 0.3 is 0 Å². The van der Waals surface area contributed by atoms with Gasteiger partial charge in [0.15, 0.2) is 17.3 Å². The zero-order chi connectivity index (χ0) is 15.6. The zero-order valence-corrected chi connectivity index (χ0v) is 12.6. The normalized spacial score (nSPS) is 37.5. The SMILES string of the molecule is CN1CCC2CC(=O)C(O)C3c4c(ccc(O)c4O)C[C@@H]1[C@H]23. The van der Waals surface area contributed by atoms with Crippen LogP contribution in [0.15, 0.2) is 12.1 Å². The molecule has 2 aliphatic carbocycles. The number of likely N-dealkylation sites (N-methyl/N-ethyl adjacent to an activating group) is 1. The number of phenols is 2. The van der Waals surface area contributed by atoms with E-state index in [0.29, 0.717) is 12.0 Å². The number of phenolic OH excluding ortho intramolecular Hbond substituents is 2. The summed E-state index contributed by atoms with van der Waals surface area (Å²) >= 11 is 0. The van der Waals surface area contributed by atoms with E-state index in [1.807, 2.05) is 6.07 Å². The van der Waals surface area contributed by atoms with Gasteiger partial charge in [0, 0.05) is 23.9 Å². The fourth-order valence-electron chi connectivity index (χ4n) is 4.95. The topological polar surface area (TPSA) is 81.0 Å². The predicted octanol–water partition coefficient (Wildman–Crippen LogP) is 1.01. The molecule has 5 atom stereocenters. The third kappa shape index (κ3) is 1.75. The third-order valence-corrected chi connectivity index (χ3v) is 6.00. The van der Waals surface area contributed by atoms with Crippen LogP contribution in [-0.2, 0) is 11.2 Å². The molecule has 5 heteroatoms. The van der Waals surface area contributed by atoms with Crippen molar-refractivity contribution in [2.24, 2.45) is 11.8 Å². The highest BCUT2D eigenvalue weighted by atomic mass is 16.3. The molecule has 1 heterocycles. The molecule has 4 rings (SSSR count). The molecule has 3 N–H and O–H groups in total. The number of aliphatic hydroxyl groups excluding tert-OH is 1. The van der Waals surface area contributed by atoms with Gasteiger partial charge in [0.05, 0.1) is 0 Å². The lowest BCUT2D eigenvalue weighted by molar-refractivity contribution is -0.139. The van der Waals surface area contributed by atoms with Crippen molar-refractivity contribution in [3.05, 3.63) is 23.3 Å². The standard InChI is InChI=1S/C17H21NO4/c1-18-5-4-9-7-12(20)17(22)15-13(9)10(18)6-8-2-3-11(19)16(21)14(8)15/h2-3,9-10,13,15,17,19,21-22H,4-7H2,1H3/t9?,10-,13+,15?,17?/m1/s1. The number of piperidine rings is 1. The van der Waals surface area contributed by atoms with E-state index in [9.17, 15) is 20.1 Å². The van der Waals surface area contributed by atoms with E-state index in [-0.39, 0.29) is 35.2 Å². The average Bonchev–Trinajstić information content (AvgIpc) is 2.50. The van der Waals surface area contributed by atoms with E-state index in [2.05, 4.69) is 11.9 Å². The fourth-order valence-corrected chi connectivity index (χ4v) is 4.95. The van der Waals surface area contributed by atoms with Crippen molar-refractivity contribution in [2.45, 2.75) is 37.3 Å². The molecule has 0 spiro atoms. The number of fused-ring (bicyclic) bond motifs is 2. The van der Waals surface area contributed by atoms with Crippen molar-refractivity contribution in [3.8, 4) is 11.5 Å². The molecule has 1 aliphatic heterocycles. The highest BCUT2D eigenvalue weighted by molar-refractivity contribution is 5.86. The van der Waals surface area contributed by atoms with Gasteiger partial charge in [-0.25, -0.2) is 0 Å². The number of hydrogen-bond donors (Lipinski definition) is 3. The maximum Gasteiger partial charge on any atom is 0.162 e. The number of rotatable bonds is 0. The molecule has 1 aromatic carbocycles. The van der Waals surface area contributed by atoms with Crippen LogP contribution in [0.2, 0.25) is 0 Å². The Morgan fingerprint density at radius 3 is 2.77 bits per heavy atom. The summed E-state index contributed by atoms with van der Waals surface area (Å²) in [6, 6.07) is 3.58. The molecule has 22 heavy (non-hydrogen) atoms. The first kappa shape index (κ1) is 14.0. The van der Waals surface area contributed by atoms with Crippen LogP contribution in [-0.4, -0.2) is 51.7 Å². The van der Waals surface area contributed by atoms with Gasteiger partial charge in [0.2, 0.25) is 0 Å². The lowest BCUT2D eigenvalue weighted by atomic mass is 9.57. The lowest BCUT2D eigenvalue weighted by Gasteiger charge is -2.54. The number of nitrogens with zero attached hydrogens (tertiary/aromatic N) is 1. The van der Waals surface area contributed by atoms with Gasteiger partial charge < -0.3 is 20.2 Å². The van der Waals surface area contributed by atoms with Crippen LogP contribution < -0.4 is 0 Å². The van der Waals surface area contributed by atoms with Gasteiger partial charge in [-0.05, 0) is 49.9 Å². The monoisotopic (exact) mass is 303 g/mol. The molecule has 3 aliphatic rings. The lowest BCUT2D eigenvalue weighted by Crippen LogP contribution is -2.58. The minimum Gasteiger partial charge on any atom is -0.504 e. The zero-order valence-electron chi connectivity index (χ0n) is 12.6. The van der Waals surface area contributed by atoms with Crippen molar-refractivity contribution in [2.75, 3.05) is 13.6 Å². The highest BCUT2D eigenvalue weighted by Gasteiger charge is 2.53. The Balaban J connectivity index is 1.91. The molecule has 0 radical (unpaired) electrons. The summed E-state index contributed by atoms with van der Waals surface area (Å²) in [7, 11) is 2.09. The molecule has 1 saturated heterocycles. The summed E-state index contributed by atoms with van der Waals surface area (Å²) in [4.78, 5) is 14.5. The molecule has 5 nitrogen and oxygen atoms in total. The van der Waals surface area contributed by atoms with Gasteiger partial charge in [0.25, 0.3) is 0 Å². The smallest absolute Gasteiger partial charge is 0.162 e. The van der Waals surface area contributed by atoms with Gasteiger partial charge in [-0.3, -0.25) is 4.79 Å². The first-order valence-electron chi connectivity index (χ1n) is 7.93. The minimum atomic E-state index is -1.08. The largest absolute Gasteiger partial charge is 0.504 e. The Morgan fingerprint density at radius 2 is 2.00 bits per heavy atom. The molecule has 0 aromatic heterocycles. The third-order valence-electron chi connectivity index (χ3n) is 6.00. The van der Waals surface area contributed by atoms with Gasteiger partial charge in [-0.2, -0.15) is 0 Å². The molecule has 0 bridgehead atoms. The van der Waals surface area contributed by atoms with Gasteiger partial charge in [-0.1, -0.05) is 6.07 Å². The van der Waals surface area contributed by atoms with Crippen LogP contribution >= 0.6 is 0 Å². The Bertz CT molecular complexity index is 644. The minimum absolute atomic E-state index is 0.134. The van der Waals surface area contributed by atoms with Crippen molar-refractivity contribution in [3.63, 3.8) is 0 Å². The number of aliphatic hydroxyl groups is 1. The number of Topliss-reactive ketones (excluding diaryl/α,β-unsaturated/α-hetero) is 1. The highest BCUT2D eigenvalue weighted by Crippen LogP contribution is 2.54. The Labute approximate surface area is 129 Å². The second kappa shape index (κ2) is 4.70. The Kier molecular flexibility index (Phi) is 3.00. The van der Waals surface area contributed by atoms with Crippen LogP contribution in [0, 0.1) is 11.8 Å². The second-order valence-electron chi connectivity index (χ2n) is 7.03. The van der Waals surface area contributed by atoms with Crippen molar-refractivity contribution in [1.82, 2.24) is 4.90 Å². The summed E-state index contributed by atoms with van der Waals surface area (Å²) in [6.45, 7) is 0.960. The number of likely N-dealkylation sites (tertiary alicyclic amines) is 1. The summed E-state index contributed by atoms with van der Waals surface area (Å²) in [5, 5.41) is 30.7. The van der Waals surface area contributed by atoms with E-state index in [0.717, 1.165) is 24.9 Å². The molecule has 2 fully saturated rings. The van der Waals surface area contributed by atoms with Crippen LogP contribution in [0.4, 0.5) is 0 Å². The quantitative estimate of drug-likeness (QED) is 0.623. The van der Waals surface area contributed by atoms with E-state index in [1.165, 1.54) is 6.07 Å². The second-order valence-corrected chi connectivity index (χ2v) is 7.03. The Morgan fingerprint density at radius 1 is 1.23 bits per heavy atom. The fraction of sp³-hybridized carbons (Fsp3) is 0.588. The number of hydrogen-bond acceptors (Lipinski definition) is 5. The molecular weight excluding hydrogens is 282 g/mol. The van der Waals surface area contributed by atoms with E-state index < -0.39 is 12.0 Å². The maximum absolute atomic E-state index is 12.2. The van der Waals surface area contributed by atoms with E-state index in [4.69, 9.17) is 0 Å². The maximum atomic E-state index is 12.2. The first-order chi connectivity index (χ1) is 10.5. The van der Waals surface area contributed by atoms with Crippen molar-refractivity contribution >= 4 is 5.78 Å². The number of carbonyl (C=O) groups is 1. The van der Waals surface area contributed by atoms with Crippen LogP contribution in [0.5, 0.6) is 11.5 Å². The molecule has 118 valence electrons. The number of ketones is 1. The van der Waals surface area contributed by atoms with Gasteiger partial charge in [0.1, 0.15) is 6.10 Å². The summed E-state index contributed by atoms with van der Waals surface area (Å²) < 4.78 is 0. The first-order valence-corrected chi connectivity index (χ1v) is 7.93. The summed E-state index contributed by atoms with van der Waals surface area (Å²) in [6.07, 6.45) is 1.09. The van der Waals surface area contributed by atoms with Crippen molar-refractivity contribution < 1.29 is 20.1 Å². The van der Waals surface area contributed by atoms with Gasteiger partial charge in [-0.15, -0.1) is 0 Å². The molecule has 3 unspecified atom stereocenters. The van der Waals surface area contributed by atoms with E-state index in [1.54, 1.807) is 0 Å². The Hall–Kier alpha value is -1.59. The van der Waals surface area contributed by atoms with E-state index >= 15 is 0 Å². The average molecular weight is 303 g/mol. The molecule has 1 aromatic rings. The predicted molar refractivity (Wildman–Crippen MR) is 79.9 cm³/mol. The number of aromatic hydroxyl groups is 2. The molecular formula is C17H21NO4. The summed E-state index contributed by atoms with van der Waals surface area (Å²) in [5.74, 6) is -0.464. The molecule has 1 saturated carbocycles. The van der Waals surface area contributed by atoms with Crippen molar-refractivity contribution in [1.29, 1.82) is 0 Å². The summed E-state index contributed by atoms with van der Waals surface area (Å²) in [5.41, 5.74) is 1.52. The number of carbonyl (C=O) groups excluding carboxylic acids is 1. The van der Waals surface area contributed by atoms with Crippen LogP contribution in [0.1, 0.15) is 29.9 Å². The molecule has 0 amide bonds. The van der Waals surface area contributed by atoms with Crippen LogP contribution in [0.3, 0.4) is 0 Å². The van der Waals surface area contributed by atoms with Crippen LogP contribution in [0.25, 0.3) is 0 Å². The number of benzene rings is 1.